The Hall–Kier alpha value is -7.89. The molecule has 67 heavy (non-hydrogen) atoms. The Morgan fingerprint density at radius 1 is 0.373 bits per heavy atom. The minimum absolute atomic E-state index is 0.516. The fourth-order valence-corrected chi connectivity index (χ4v) is 14.2. The van der Waals surface area contributed by atoms with Gasteiger partial charge in [-0.05, 0) is 111 Å². The molecule has 2 nitrogen and oxygen atoms in total. The van der Waals surface area contributed by atoms with E-state index in [2.05, 4.69) is 240 Å². The van der Waals surface area contributed by atoms with Gasteiger partial charge in [-0.15, -0.1) is 11.3 Å². The van der Waals surface area contributed by atoms with Crippen molar-refractivity contribution in [3.05, 3.63) is 253 Å². The maximum Gasteiger partial charge on any atom is 0.0735 e. The van der Waals surface area contributed by atoms with Gasteiger partial charge in [-0.1, -0.05) is 176 Å². The molecule has 1 aliphatic heterocycles. The molecule has 0 radical (unpaired) electrons. The van der Waals surface area contributed by atoms with Crippen LogP contribution in [-0.4, -0.2) is 4.57 Å². The molecule has 2 aromatic heterocycles. The molecule has 13 aromatic rings. The second-order valence-electron chi connectivity index (χ2n) is 17.9. The van der Waals surface area contributed by atoms with E-state index < -0.39 is 5.41 Å². The molecule has 0 bridgehead atoms. The molecule has 15 rings (SSSR count). The normalized spacial score (nSPS) is 13.4. The Kier molecular flexibility index (Phi) is 7.84. The van der Waals surface area contributed by atoms with E-state index >= 15 is 0 Å². The van der Waals surface area contributed by atoms with Crippen molar-refractivity contribution in [2.45, 2.75) is 15.2 Å². The van der Waals surface area contributed by atoms with Crippen LogP contribution in [0.5, 0.6) is 0 Å². The largest absolute Gasteiger partial charge is 0.310 e. The highest BCUT2D eigenvalue weighted by Crippen LogP contribution is 2.62. The summed E-state index contributed by atoms with van der Waals surface area (Å²) in [6.07, 6.45) is 0. The van der Waals surface area contributed by atoms with Gasteiger partial charge in [-0.3, -0.25) is 0 Å². The molecule has 312 valence electrons. The van der Waals surface area contributed by atoms with Gasteiger partial charge in [0.25, 0.3) is 0 Å². The van der Waals surface area contributed by atoms with E-state index in [1.165, 1.54) is 112 Å². The summed E-state index contributed by atoms with van der Waals surface area (Å²) in [5, 5.41) is 10.0. The van der Waals surface area contributed by atoms with Gasteiger partial charge in [0.15, 0.2) is 0 Å². The zero-order valence-electron chi connectivity index (χ0n) is 36.2. The van der Waals surface area contributed by atoms with Crippen molar-refractivity contribution in [1.29, 1.82) is 0 Å². The Balaban J connectivity index is 1.05. The lowest BCUT2D eigenvalue weighted by Crippen LogP contribution is -2.36. The molecule has 0 unspecified atom stereocenters. The third-order valence-corrected chi connectivity index (χ3v) is 16.9. The summed E-state index contributed by atoms with van der Waals surface area (Å²) in [6.45, 7) is 0. The molecule has 2 aliphatic rings. The van der Waals surface area contributed by atoms with Gasteiger partial charge in [0.05, 0.1) is 27.8 Å². The lowest BCUT2D eigenvalue weighted by atomic mass is 9.59. The number of fused-ring (bicyclic) bond motifs is 15. The molecule has 0 atom stereocenters. The SMILES string of the molecule is c1ccc2c(c1)Sc1ccccc1C21c2ccccc2-c2ccc(N(c3ccc4sc5ccccc5c4c3)c3ccc4c5ccccc5n(-c5cccc6ccccc56)c4c3)c3cccc1c23. The van der Waals surface area contributed by atoms with Crippen LogP contribution in [0.1, 0.15) is 22.3 Å². The summed E-state index contributed by atoms with van der Waals surface area (Å²) in [5.74, 6) is 0. The molecule has 1 spiro atoms. The Morgan fingerprint density at radius 3 is 1.85 bits per heavy atom. The van der Waals surface area contributed by atoms with Gasteiger partial charge >= 0.3 is 0 Å². The number of anilines is 3. The molecular formula is C63H38N2S2. The van der Waals surface area contributed by atoms with Crippen molar-refractivity contribution >= 4 is 104 Å². The Morgan fingerprint density at radius 2 is 0.985 bits per heavy atom. The monoisotopic (exact) mass is 886 g/mol. The van der Waals surface area contributed by atoms with Gasteiger partial charge in [-0.25, -0.2) is 0 Å². The third-order valence-electron chi connectivity index (χ3n) is 14.6. The van der Waals surface area contributed by atoms with Crippen molar-refractivity contribution in [1.82, 2.24) is 4.57 Å². The van der Waals surface area contributed by atoms with E-state index in [1.54, 1.807) is 0 Å². The first kappa shape index (κ1) is 37.3. The van der Waals surface area contributed by atoms with E-state index in [0.29, 0.717) is 0 Å². The lowest BCUT2D eigenvalue weighted by molar-refractivity contribution is 0.707. The average molecular weight is 887 g/mol. The average Bonchev–Trinajstić information content (AvgIpc) is 3.93. The quantitative estimate of drug-likeness (QED) is 0.174. The molecule has 11 aromatic carbocycles. The second-order valence-corrected chi connectivity index (χ2v) is 20.1. The molecular weight excluding hydrogens is 849 g/mol. The van der Waals surface area contributed by atoms with Gasteiger partial charge in [0, 0.05) is 62.9 Å². The number of benzene rings is 11. The van der Waals surface area contributed by atoms with Crippen LogP contribution in [0.3, 0.4) is 0 Å². The van der Waals surface area contributed by atoms with Crippen LogP contribution in [0.15, 0.2) is 240 Å². The molecule has 0 amide bonds. The number of hydrogen-bond donors (Lipinski definition) is 0. The van der Waals surface area contributed by atoms with Crippen molar-refractivity contribution in [2.24, 2.45) is 0 Å². The van der Waals surface area contributed by atoms with E-state index in [0.717, 1.165) is 17.1 Å². The third kappa shape index (κ3) is 5.12. The number of para-hydroxylation sites is 1. The van der Waals surface area contributed by atoms with Gasteiger partial charge < -0.3 is 9.47 Å². The van der Waals surface area contributed by atoms with Crippen molar-refractivity contribution < 1.29 is 0 Å². The molecule has 0 saturated carbocycles. The summed E-state index contributed by atoms with van der Waals surface area (Å²) in [4.78, 5) is 5.14. The number of nitrogens with zero attached hydrogens (tertiary/aromatic N) is 2. The number of aromatic nitrogens is 1. The van der Waals surface area contributed by atoms with Crippen LogP contribution in [0.25, 0.3) is 80.3 Å². The van der Waals surface area contributed by atoms with Crippen molar-refractivity contribution in [3.8, 4) is 16.8 Å². The standard InChI is InChI=1S/C63H38N2S2/c1-2-17-42-39(15-1)16-13-27-54(42)65-55-26-9-4-19-44(55)45-33-31-41(38-57(45)65)64(40-32-36-59-49(37-40)46-20-5-10-28-58(46)66-59)56-35-34-47-43-18-3-6-22-50(43)63(53-25-14-21-48(56)62(47)53)51-23-7-11-29-60(51)67-61-30-12-8-24-52(61)63/h1-38H. The van der Waals surface area contributed by atoms with Gasteiger partial charge in [0.2, 0.25) is 0 Å². The van der Waals surface area contributed by atoms with Crippen molar-refractivity contribution in [2.75, 3.05) is 4.90 Å². The van der Waals surface area contributed by atoms with Gasteiger partial charge in [0.1, 0.15) is 0 Å². The number of thiophene rings is 1. The maximum absolute atomic E-state index is 2.53. The summed E-state index contributed by atoms with van der Waals surface area (Å²) < 4.78 is 5.08. The topological polar surface area (TPSA) is 8.17 Å². The smallest absolute Gasteiger partial charge is 0.0735 e. The van der Waals surface area contributed by atoms with Gasteiger partial charge in [-0.2, -0.15) is 0 Å². The Bertz CT molecular complexity index is 4180. The van der Waals surface area contributed by atoms with Crippen LogP contribution >= 0.6 is 23.1 Å². The molecule has 3 heterocycles. The van der Waals surface area contributed by atoms with Crippen LogP contribution < -0.4 is 4.90 Å². The first-order valence-electron chi connectivity index (χ1n) is 23.0. The van der Waals surface area contributed by atoms with Crippen LogP contribution in [0.4, 0.5) is 17.1 Å². The summed E-state index contributed by atoms with van der Waals surface area (Å²) in [6, 6.07) is 86.6. The highest BCUT2D eigenvalue weighted by Gasteiger charge is 2.48. The van der Waals surface area contributed by atoms with Crippen molar-refractivity contribution in [3.63, 3.8) is 0 Å². The van der Waals surface area contributed by atoms with Crippen LogP contribution in [-0.2, 0) is 5.41 Å². The molecule has 1 aliphatic carbocycles. The molecule has 0 saturated heterocycles. The fourth-order valence-electron chi connectivity index (χ4n) is 11.9. The number of rotatable bonds is 4. The molecule has 4 heteroatoms. The van der Waals surface area contributed by atoms with E-state index in [-0.39, 0.29) is 0 Å². The highest BCUT2D eigenvalue weighted by molar-refractivity contribution is 7.99. The first-order chi connectivity index (χ1) is 33.2. The van der Waals surface area contributed by atoms with Crippen LogP contribution in [0, 0.1) is 0 Å². The lowest BCUT2D eigenvalue weighted by Gasteiger charge is -2.46. The first-order valence-corrected chi connectivity index (χ1v) is 24.6. The van der Waals surface area contributed by atoms with E-state index in [1.807, 2.05) is 23.1 Å². The minimum Gasteiger partial charge on any atom is -0.310 e. The zero-order chi connectivity index (χ0) is 43.8. The van der Waals surface area contributed by atoms with Crippen LogP contribution in [0.2, 0.25) is 0 Å². The second kappa shape index (κ2) is 14.1. The van der Waals surface area contributed by atoms with E-state index in [9.17, 15) is 0 Å². The van der Waals surface area contributed by atoms with E-state index in [4.69, 9.17) is 0 Å². The molecule has 0 N–H and O–H groups in total. The summed E-state index contributed by atoms with van der Waals surface area (Å²) in [7, 11) is 0. The fraction of sp³-hybridized carbons (Fsp3) is 0.0159. The summed E-state index contributed by atoms with van der Waals surface area (Å²) >= 11 is 3.76. The Labute approximate surface area is 395 Å². The highest BCUT2D eigenvalue weighted by atomic mass is 32.2. The summed E-state index contributed by atoms with van der Waals surface area (Å²) in [5.41, 5.74) is 14.3. The number of hydrogen-bond acceptors (Lipinski definition) is 3. The predicted octanol–water partition coefficient (Wildman–Crippen LogP) is 17.8. The zero-order valence-corrected chi connectivity index (χ0v) is 37.8. The molecule has 0 fully saturated rings. The minimum atomic E-state index is -0.516. The predicted molar refractivity (Wildman–Crippen MR) is 285 cm³/mol. The maximum atomic E-state index is 2.53.